The van der Waals surface area contributed by atoms with Crippen LogP contribution in [0.1, 0.15) is 24.0 Å². The quantitative estimate of drug-likeness (QED) is 0.664. The topological polar surface area (TPSA) is 105 Å². The molecule has 1 heterocycles. The molecule has 0 saturated carbocycles. The first kappa shape index (κ1) is 22.8. The van der Waals surface area contributed by atoms with Gasteiger partial charge in [0.2, 0.25) is 10.0 Å². The molecular weight excluding hydrogens is 418 g/mol. The van der Waals surface area contributed by atoms with E-state index in [-0.39, 0.29) is 11.4 Å². The van der Waals surface area contributed by atoms with Crippen LogP contribution in [0.4, 0.5) is 5.69 Å². The number of carbonyl (C=O) groups is 2. The van der Waals surface area contributed by atoms with E-state index < -0.39 is 27.9 Å². The highest BCUT2D eigenvalue weighted by Crippen LogP contribution is 2.28. The van der Waals surface area contributed by atoms with E-state index >= 15 is 0 Å². The lowest BCUT2D eigenvalue weighted by Crippen LogP contribution is -2.45. The number of anilines is 1. The monoisotopic (exact) mass is 445 g/mol. The lowest BCUT2D eigenvalue weighted by molar-refractivity contribution is -0.136. The van der Waals surface area contributed by atoms with E-state index in [1.165, 1.54) is 11.4 Å². The summed E-state index contributed by atoms with van der Waals surface area (Å²) in [5.74, 6) is -0.993. The molecule has 2 N–H and O–H groups in total. The van der Waals surface area contributed by atoms with Gasteiger partial charge in [0.1, 0.15) is 5.75 Å². The molecule has 0 radical (unpaired) electrons. The molecular formula is C22H27N3O5S. The van der Waals surface area contributed by atoms with Crippen LogP contribution >= 0.6 is 0 Å². The number of sulfonamides is 1. The molecule has 31 heavy (non-hydrogen) atoms. The number of rotatable bonds is 6. The van der Waals surface area contributed by atoms with E-state index in [2.05, 4.69) is 10.6 Å². The molecule has 0 aromatic heterocycles. The van der Waals surface area contributed by atoms with Gasteiger partial charge in [-0.1, -0.05) is 12.1 Å². The summed E-state index contributed by atoms with van der Waals surface area (Å²) in [5, 5.41) is 5.08. The normalized spacial score (nSPS) is 16.7. The van der Waals surface area contributed by atoms with Crippen molar-refractivity contribution in [1.82, 2.24) is 9.62 Å². The predicted molar refractivity (Wildman–Crippen MR) is 117 cm³/mol. The SMILES string of the molecule is COc1ccc(NC(=O)C(=O)NC[C@H]2CCCN2S(=O)(=O)c2cc(C)ccc2C)cc1. The number of hydrogen-bond donors (Lipinski definition) is 2. The number of nitrogens with zero attached hydrogens (tertiary/aromatic N) is 1. The second kappa shape index (κ2) is 9.49. The molecule has 0 bridgehead atoms. The van der Waals surface area contributed by atoms with Gasteiger partial charge in [-0.2, -0.15) is 4.31 Å². The van der Waals surface area contributed by atoms with Gasteiger partial charge < -0.3 is 15.4 Å². The molecule has 2 amide bonds. The lowest BCUT2D eigenvalue weighted by Gasteiger charge is -2.25. The first-order valence-electron chi connectivity index (χ1n) is 10.0. The summed E-state index contributed by atoms with van der Waals surface area (Å²) >= 11 is 0. The van der Waals surface area contributed by atoms with Gasteiger partial charge >= 0.3 is 11.8 Å². The minimum absolute atomic E-state index is 0.0684. The fourth-order valence-electron chi connectivity index (χ4n) is 3.59. The molecule has 3 rings (SSSR count). The Hall–Kier alpha value is -2.91. The molecule has 2 aromatic carbocycles. The van der Waals surface area contributed by atoms with Gasteiger partial charge in [-0.05, 0) is 68.1 Å². The first-order valence-corrected chi connectivity index (χ1v) is 11.5. The Morgan fingerprint density at radius 3 is 2.48 bits per heavy atom. The summed E-state index contributed by atoms with van der Waals surface area (Å²) in [5.41, 5.74) is 2.00. The summed E-state index contributed by atoms with van der Waals surface area (Å²) in [6.07, 6.45) is 1.31. The Morgan fingerprint density at radius 2 is 1.81 bits per heavy atom. The summed E-state index contributed by atoms with van der Waals surface area (Å²) in [7, 11) is -2.16. The number of aryl methyl sites for hydroxylation is 2. The average molecular weight is 446 g/mol. The number of amides is 2. The van der Waals surface area contributed by atoms with Crippen molar-refractivity contribution in [3.8, 4) is 5.75 Å². The number of nitrogens with one attached hydrogen (secondary N) is 2. The van der Waals surface area contributed by atoms with E-state index in [1.807, 2.05) is 13.0 Å². The van der Waals surface area contributed by atoms with Gasteiger partial charge in [0.15, 0.2) is 0 Å². The third-order valence-corrected chi connectivity index (χ3v) is 7.40. The average Bonchev–Trinajstić information content (AvgIpc) is 3.23. The van der Waals surface area contributed by atoms with E-state index in [1.54, 1.807) is 43.3 Å². The first-order chi connectivity index (χ1) is 14.7. The van der Waals surface area contributed by atoms with Gasteiger partial charge in [0.25, 0.3) is 0 Å². The van der Waals surface area contributed by atoms with Gasteiger partial charge in [-0.25, -0.2) is 8.42 Å². The van der Waals surface area contributed by atoms with Gasteiger partial charge in [-0.3, -0.25) is 9.59 Å². The van der Waals surface area contributed by atoms with Crippen molar-refractivity contribution in [2.24, 2.45) is 0 Å². The summed E-state index contributed by atoms with van der Waals surface area (Å²) in [4.78, 5) is 24.7. The van der Waals surface area contributed by atoms with Gasteiger partial charge in [0.05, 0.1) is 12.0 Å². The van der Waals surface area contributed by atoms with Gasteiger partial charge in [-0.15, -0.1) is 0 Å². The van der Waals surface area contributed by atoms with E-state index in [0.29, 0.717) is 36.4 Å². The van der Waals surface area contributed by atoms with Crippen LogP contribution < -0.4 is 15.4 Å². The largest absolute Gasteiger partial charge is 0.497 e. The summed E-state index contributed by atoms with van der Waals surface area (Å²) in [6.45, 7) is 4.07. The van der Waals surface area contributed by atoms with E-state index in [0.717, 1.165) is 5.56 Å². The Kier molecular flexibility index (Phi) is 6.97. The smallest absolute Gasteiger partial charge is 0.313 e. The van der Waals surface area contributed by atoms with E-state index in [9.17, 15) is 18.0 Å². The summed E-state index contributed by atoms with van der Waals surface area (Å²) in [6, 6.07) is 11.5. The van der Waals surface area contributed by atoms with Crippen LogP contribution in [0.25, 0.3) is 0 Å². The van der Waals surface area contributed by atoms with Crippen LogP contribution in [0.5, 0.6) is 5.75 Å². The zero-order valence-corrected chi connectivity index (χ0v) is 18.7. The fraction of sp³-hybridized carbons (Fsp3) is 0.364. The molecule has 1 atom stereocenters. The molecule has 9 heteroatoms. The van der Waals surface area contributed by atoms with Crippen LogP contribution in [0.3, 0.4) is 0 Å². The van der Waals surface area contributed by atoms with Crippen LogP contribution in [0.2, 0.25) is 0 Å². The Balaban J connectivity index is 1.63. The lowest BCUT2D eigenvalue weighted by atomic mass is 10.2. The van der Waals surface area contributed by atoms with Crippen molar-refractivity contribution >= 4 is 27.5 Å². The van der Waals surface area contributed by atoms with Crippen molar-refractivity contribution in [2.45, 2.75) is 37.6 Å². The maximum atomic E-state index is 13.2. The number of carbonyl (C=O) groups excluding carboxylic acids is 2. The molecule has 0 unspecified atom stereocenters. The fourth-order valence-corrected chi connectivity index (χ4v) is 5.60. The number of ether oxygens (including phenoxy) is 1. The van der Waals surface area contributed by atoms with Crippen molar-refractivity contribution in [3.05, 3.63) is 53.6 Å². The molecule has 8 nitrogen and oxygen atoms in total. The Morgan fingerprint density at radius 1 is 1.10 bits per heavy atom. The van der Waals surface area contributed by atoms with E-state index in [4.69, 9.17) is 4.74 Å². The Bertz CT molecular complexity index is 1070. The zero-order chi connectivity index (χ0) is 22.6. The van der Waals surface area contributed by atoms with Crippen LogP contribution in [0.15, 0.2) is 47.4 Å². The molecule has 1 aliphatic rings. The second-order valence-corrected chi connectivity index (χ2v) is 9.43. The molecule has 0 spiro atoms. The number of hydrogen-bond acceptors (Lipinski definition) is 5. The van der Waals surface area contributed by atoms with Crippen molar-refractivity contribution in [1.29, 1.82) is 0 Å². The molecule has 1 fully saturated rings. The van der Waals surface area contributed by atoms with Crippen LogP contribution in [-0.2, 0) is 19.6 Å². The number of benzene rings is 2. The zero-order valence-electron chi connectivity index (χ0n) is 17.8. The molecule has 166 valence electrons. The highest BCUT2D eigenvalue weighted by Gasteiger charge is 2.36. The number of methoxy groups -OCH3 is 1. The minimum atomic E-state index is -3.69. The maximum absolute atomic E-state index is 13.2. The Labute approximate surface area is 182 Å². The van der Waals surface area contributed by atoms with Crippen LogP contribution in [0, 0.1) is 13.8 Å². The van der Waals surface area contributed by atoms with Crippen molar-refractivity contribution in [2.75, 3.05) is 25.5 Å². The third-order valence-electron chi connectivity index (χ3n) is 5.31. The molecule has 1 aliphatic heterocycles. The van der Waals surface area contributed by atoms with Crippen molar-refractivity contribution in [3.63, 3.8) is 0 Å². The second-order valence-electron chi connectivity index (χ2n) is 7.57. The highest BCUT2D eigenvalue weighted by molar-refractivity contribution is 7.89. The molecule has 2 aromatic rings. The standard InChI is InChI=1S/C22H27N3O5S/c1-15-6-7-16(2)20(13-15)31(28,29)25-12-4-5-18(25)14-23-21(26)22(27)24-17-8-10-19(30-3)11-9-17/h6-11,13,18H,4-5,12,14H2,1-3H3,(H,23,26)(H,24,27)/t18-/m1/s1. The summed E-state index contributed by atoms with van der Waals surface area (Å²) < 4.78 is 32.9. The third kappa shape index (κ3) is 5.23. The van der Waals surface area contributed by atoms with Gasteiger partial charge in [0, 0.05) is 24.8 Å². The maximum Gasteiger partial charge on any atom is 0.313 e. The molecule has 0 aliphatic carbocycles. The predicted octanol–water partition coefficient (Wildman–Crippen LogP) is 2.22. The van der Waals surface area contributed by atoms with Crippen molar-refractivity contribution < 1.29 is 22.7 Å². The van der Waals surface area contributed by atoms with Crippen LogP contribution in [-0.4, -0.2) is 50.8 Å². The molecule has 1 saturated heterocycles. The highest BCUT2D eigenvalue weighted by atomic mass is 32.2. The minimum Gasteiger partial charge on any atom is -0.497 e.